The summed E-state index contributed by atoms with van der Waals surface area (Å²) in [7, 11) is 0. The van der Waals surface area contributed by atoms with Gasteiger partial charge in [-0.3, -0.25) is 0 Å². The first-order valence-corrected chi connectivity index (χ1v) is 7.33. The molecule has 0 aliphatic rings. The van der Waals surface area contributed by atoms with E-state index in [1.165, 1.54) is 4.90 Å². The van der Waals surface area contributed by atoms with Crippen LogP contribution in [0.5, 0.6) is 5.75 Å². The zero-order valence-corrected chi connectivity index (χ0v) is 12.0. The van der Waals surface area contributed by atoms with E-state index in [1.54, 1.807) is 11.8 Å². The third-order valence-electron chi connectivity index (χ3n) is 2.65. The van der Waals surface area contributed by atoms with Gasteiger partial charge < -0.3 is 10.5 Å². The van der Waals surface area contributed by atoms with Gasteiger partial charge in [0.15, 0.2) is 0 Å². The summed E-state index contributed by atoms with van der Waals surface area (Å²) in [5.41, 5.74) is 6.93. The number of ether oxygens (including phenoxy) is 1. The van der Waals surface area contributed by atoms with Crippen molar-refractivity contribution in [2.45, 2.75) is 44.7 Å². The van der Waals surface area contributed by atoms with Crippen LogP contribution in [-0.4, -0.2) is 12.4 Å². The van der Waals surface area contributed by atoms with Gasteiger partial charge in [0.25, 0.3) is 0 Å². The van der Waals surface area contributed by atoms with Crippen LogP contribution in [0.1, 0.15) is 32.8 Å². The molecule has 0 spiro atoms. The third-order valence-corrected chi connectivity index (χ3v) is 3.47. The molecule has 17 heavy (non-hydrogen) atoms. The average molecular weight is 253 g/mol. The normalized spacial score (nSPS) is 12.8. The summed E-state index contributed by atoms with van der Waals surface area (Å²) in [6, 6.07) is 6.13. The van der Waals surface area contributed by atoms with E-state index in [9.17, 15) is 0 Å². The minimum atomic E-state index is 0.234. The minimum absolute atomic E-state index is 0.234. The van der Waals surface area contributed by atoms with Crippen LogP contribution in [0.15, 0.2) is 23.1 Å². The summed E-state index contributed by atoms with van der Waals surface area (Å²) < 4.78 is 6.00. The van der Waals surface area contributed by atoms with Crippen LogP contribution in [0.25, 0.3) is 0 Å². The molecule has 1 aromatic carbocycles. The Morgan fingerprint density at radius 1 is 1.29 bits per heavy atom. The molecule has 0 fully saturated rings. The molecule has 0 heterocycles. The van der Waals surface area contributed by atoms with Crippen molar-refractivity contribution in [2.75, 3.05) is 6.26 Å². The number of thioether (sulfide) groups is 1. The predicted octanol–water partition coefficient (Wildman–Crippen LogP) is 3.68. The second-order valence-corrected chi connectivity index (χ2v) is 5.55. The maximum Gasteiger partial charge on any atom is 0.125 e. The van der Waals surface area contributed by atoms with Gasteiger partial charge in [0, 0.05) is 17.0 Å². The van der Waals surface area contributed by atoms with E-state index in [0.717, 1.165) is 17.7 Å². The fraction of sp³-hybridized carbons (Fsp3) is 0.571. The average Bonchev–Trinajstić information content (AvgIpc) is 2.27. The van der Waals surface area contributed by atoms with Gasteiger partial charge in [0.1, 0.15) is 5.75 Å². The maximum absolute atomic E-state index is 6.00. The minimum Gasteiger partial charge on any atom is -0.490 e. The lowest BCUT2D eigenvalue weighted by atomic mass is 10.1. The lowest BCUT2D eigenvalue weighted by Crippen LogP contribution is -2.16. The Labute approximate surface area is 109 Å². The highest BCUT2D eigenvalue weighted by atomic mass is 32.2. The largest absolute Gasteiger partial charge is 0.490 e. The molecule has 0 bridgehead atoms. The smallest absolute Gasteiger partial charge is 0.125 e. The molecule has 1 rings (SSSR count). The first-order chi connectivity index (χ1) is 8.08. The van der Waals surface area contributed by atoms with E-state index in [0.29, 0.717) is 12.5 Å². The van der Waals surface area contributed by atoms with Gasteiger partial charge in [-0.05, 0) is 37.7 Å². The van der Waals surface area contributed by atoms with Crippen molar-refractivity contribution < 1.29 is 4.74 Å². The van der Waals surface area contributed by atoms with Crippen molar-refractivity contribution in [3.05, 3.63) is 23.8 Å². The van der Waals surface area contributed by atoms with Gasteiger partial charge in [0.05, 0.1) is 6.10 Å². The Balaban J connectivity index is 2.83. The highest BCUT2D eigenvalue weighted by Crippen LogP contribution is 2.29. The van der Waals surface area contributed by atoms with Gasteiger partial charge in [-0.15, -0.1) is 11.8 Å². The molecule has 96 valence electrons. The van der Waals surface area contributed by atoms with Gasteiger partial charge in [-0.2, -0.15) is 0 Å². The molecular formula is C14H23NOS. The zero-order chi connectivity index (χ0) is 12.8. The first-order valence-electron chi connectivity index (χ1n) is 6.11. The standard InChI is InChI=1S/C14H23NOS/c1-10(2)8-11(3)16-13-6-5-7-14(17-4)12(13)9-15/h5-7,10-11H,8-9,15H2,1-4H3. The third kappa shape index (κ3) is 4.25. The van der Waals surface area contributed by atoms with Gasteiger partial charge >= 0.3 is 0 Å². The molecule has 2 N–H and O–H groups in total. The Morgan fingerprint density at radius 3 is 2.53 bits per heavy atom. The molecule has 3 heteroatoms. The summed E-state index contributed by atoms with van der Waals surface area (Å²) in [5.74, 6) is 1.59. The highest BCUT2D eigenvalue weighted by molar-refractivity contribution is 7.98. The molecule has 0 amide bonds. The lowest BCUT2D eigenvalue weighted by Gasteiger charge is -2.19. The van der Waals surface area contributed by atoms with Crippen LogP contribution in [0, 0.1) is 5.92 Å². The summed E-state index contributed by atoms with van der Waals surface area (Å²) in [4.78, 5) is 1.21. The van der Waals surface area contributed by atoms with Crippen LogP contribution < -0.4 is 10.5 Å². The van der Waals surface area contributed by atoms with E-state index in [1.807, 2.05) is 12.1 Å². The predicted molar refractivity (Wildman–Crippen MR) is 75.7 cm³/mol. The molecular weight excluding hydrogens is 230 g/mol. The van der Waals surface area contributed by atoms with Crippen LogP contribution in [0.4, 0.5) is 0 Å². The van der Waals surface area contributed by atoms with Crippen LogP contribution in [0.3, 0.4) is 0 Å². The van der Waals surface area contributed by atoms with E-state index in [-0.39, 0.29) is 6.10 Å². The summed E-state index contributed by atoms with van der Waals surface area (Å²) in [5, 5.41) is 0. The monoisotopic (exact) mass is 253 g/mol. The van der Waals surface area contributed by atoms with Crippen molar-refractivity contribution >= 4 is 11.8 Å². The molecule has 1 aromatic rings. The Hall–Kier alpha value is -0.670. The van der Waals surface area contributed by atoms with E-state index in [4.69, 9.17) is 10.5 Å². The van der Waals surface area contributed by atoms with Gasteiger partial charge in [-0.25, -0.2) is 0 Å². The van der Waals surface area contributed by atoms with Crippen LogP contribution >= 0.6 is 11.8 Å². The Kier molecular flexibility index (Phi) is 5.86. The van der Waals surface area contributed by atoms with Crippen LogP contribution in [0.2, 0.25) is 0 Å². The molecule has 2 nitrogen and oxygen atoms in total. The number of hydrogen-bond acceptors (Lipinski definition) is 3. The topological polar surface area (TPSA) is 35.2 Å². The zero-order valence-electron chi connectivity index (χ0n) is 11.2. The van der Waals surface area contributed by atoms with E-state index >= 15 is 0 Å². The second-order valence-electron chi connectivity index (χ2n) is 4.70. The summed E-state index contributed by atoms with van der Waals surface area (Å²) >= 11 is 1.72. The Morgan fingerprint density at radius 2 is 2.00 bits per heavy atom. The van der Waals surface area contributed by atoms with Gasteiger partial charge in [0.2, 0.25) is 0 Å². The SMILES string of the molecule is CSc1cccc(OC(C)CC(C)C)c1CN. The fourth-order valence-electron chi connectivity index (χ4n) is 1.98. The van der Waals surface area contributed by atoms with Crippen LogP contribution in [-0.2, 0) is 6.54 Å². The molecule has 1 unspecified atom stereocenters. The molecule has 1 atom stereocenters. The van der Waals surface area contributed by atoms with E-state index in [2.05, 4.69) is 33.1 Å². The molecule has 0 saturated carbocycles. The number of nitrogens with two attached hydrogens (primary N) is 1. The molecule has 0 radical (unpaired) electrons. The fourth-order valence-corrected chi connectivity index (χ4v) is 2.62. The quantitative estimate of drug-likeness (QED) is 0.785. The first kappa shape index (κ1) is 14.4. The maximum atomic E-state index is 6.00. The Bertz CT molecular complexity index is 352. The molecule has 0 aliphatic heterocycles. The van der Waals surface area contributed by atoms with Crippen molar-refractivity contribution in [2.24, 2.45) is 11.7 Å². The summed E-state index contributed by atoms with van der Waals surface area (Å²) in [6.45, 7) is 7.07. The molecule has 0 aromatic heterocycles. The van der Waals surface area contributed by atoms with Gasteiger partial charge in [-0.1, -0.05) is 19.9 Å². The summed E-state index contributed by atoms with van der Waals surface area (Å²) in [6.07, 6.45) is 3.36. The van der Waals surface area contributed by atoms with Crippen molar-refractivity contribution in [1.82, 2.24) is 0 Å². The number of hydrogen-bond donors (Lipinski definition) is 1. The number of rotatable bonds is 6. The van der Waals surface area contributed by atoms with Crippen molar-refractivity contribution in [3.63, 3.8) is 0 Å². The lowest BCUT2D eigenvalue weighted by molar-refractivity contribution is 0.191. The highest BCUT2D eigenvalue weighted by Gasteiger charge is 2.11. The van der Waals surface area contributed by atoms with Crippen molar-refractivity contribution in [3.8, 4) is 5.75 Å². The second kappa shape index (κ2) is 6.92. The number of benzene rings is 1. The van der Waals surface area contributed by atoms with E-state index < -0.39 is 0 Å². The molecule has 0 aliphatic carbocycles. The van der Waals surface area contributed by atoms with Crippen molar-refractivity contribution in [1.29, 1.82) is 0 Å². The molecule has 0 saturated heterocycles.